The first-order valence-electron chi connectivity index (χ1n) is 7.50. The van der Waals surface area contributed by atoms with E-state index in [1.54, 1.807) is 13.3 Å². The summed E-state index contributed by atoms with van der Waals surface area (Å²) < 4.78 is 4.82. The number of anilines is 1. The summed E-state index contributed by atoms with van der Waals surface area (Å²) >= 11 is 1.81. The first kappa shape index (κ1) is 18.1. The van der Waals surface area contributed by atoms with Crippen molar-refractivity contribution in [2.45, 2.75) is 25.4 Å². The van der Waals surface area contributed by atoms with E-state index < -0.39 is 0 Å². The summed E-state index contributed by atoms with van der Waals surface area (Å²) in [6.45, 7) is 2.78. The van der Waals surface area contributed by atoms with Gasteiger partial charge in [-0.1, -0.05) is 5.16 Å². The van der Waals surface area contributed by atoms with Gasteiger partial charge in [0, 0.05) is 32.2 Å². The maximum absolute atomic E-state index is 4.82. The molecule has 0 saturated carbocycles. The van der Waals surface area contributed by atoms with Gasteiger partial charge in [0.05, 0.1) is 11.5 Å². The average molecular weight is 447 g/mol. The predicted molar refractivity (Wildman–Crippen MR) is 105 cm³/mol. The maximum Gasteiger partial charge on any atom is 0.191 e. The van der Waals surface area contributed by atoms with Crippen molar-refractivity contribution in [2.24, 2.45) is 4.99 Å². The Hall–Kier alpha value is -1.29. The number of aliphatic imine (C=N–C) groups is 1. The van der Waals surface area contributed by atoms with Gasteiger partial charge in [0.25, 0.3) is 0 Å². The highest BCUT2D eigenvalue weighted by atomic mass is 127. The molecule has 1 saturated heterocycles. The summed E-state index contributed by atoms with van der Waals surface area (Å²) in [6, 6.07) is 6.61. The van der Waals surface area contributed by atoms with E-state index >= 15 is 0 Å². The van der Waals surface area contributed by atoms with E-state index in [0.717, 1.165) is 37.6 Å². The van der Waals surface area contributed by atoms with Gasteiger partial charge in [0.1, 0.15) is 12.0 Å². The summed E-state index contributed by atoms with van der Waals surface area (Å²) in [5.41, 5.74) is 0.871. The molecule has 3 heterocycles. The minimum absolute atomic E-state index is 0. The first-order chi connectivity index (χ1) is 10.8. The van der Waals surface area contributed by atoms with Crippen LogP contribution in [-0.2, 0) is 6.54 Å². The van der Waals surface area contributed by atoms with Crippen LogP contribution in [0.4, 0.5) is 5.00 Å². The monoisotopic (exact) mass is 447 g/mol. The van der Waals surface area contributed by atoms with Crippen molar-refractivity contribution in [3.8, 4) is 0 Å². The van der Waals surface area contributed by atoms with E-state index in [2.05, 4.69) is 43.2 Å². The zero-order valence-electron chi connectivity index (χ0n) is 13.1. The molecule has 0 bridgehead atoms. The lowest BCUT2D eigenvalue weighted by molar-refractivity contribution is 0.410. The van der Waals surface area contributed by atoms with Crippen LogP contribution >= 0.6 is 35.3 Å². The lowest BCUT2D eigenvalue weighted by Crippen LogP contribution is -2.48. The number of nitrogens with one attached hydrogen (secondary N) is 2. The Balaban J connectivity index is 0.00000192. The van der Waals surface area contributed by atoms with Crippen LogP contribution in [0.2, 0.25) is 0 Å². The number of nitrogens with zero attached hydrogens (tertiary/aromatic N) is 3. The fourth-order valence-corrected chi connectivity index (χ4v) is 3.37. The van der Waals surface area contributed by atoms with Gasteiger partial charge >= 0.3 is 0 Å². The Kier molecular flexibility index (Phi) is 7.15. The van der Waals surface area contributed by atoms with Crippen LogP contribution in [0.1, 0.15) is 18.5 Å². The summed E-state index contributed by atoms with van der Waals surface area (Å²) in [6.07, 6.45) is 3.80. The molecule has 8 heteroatoms. The highest BCUT2D eigenvalue weighted by Crippen LogP contribution is 2.24. The molecule has 3 rings (SSSR count). The second kappa shape index (κ2) is 9.11. The van der Waals surface area contributed by atoms with Crippen molar-refractivity contribution in [1.29, 1.82) is 0 Å². The molecule has 0 aliphatic carbocycles. The van der Waals surface area contributed by atoms with Gasteiger partial charge in [-0.2, -0.15) is 0 Å². The normalized spacial score (nSPS) is 16.0. The van der Waals surface area contributed by atoms with Crippen molar-refractivity contribution in [3.05, 3.63) is 35.5 Å². The van der Waals surface area contributed by atoms with Gasteiger partial charge in [-0.05, 0) is 30.4 Å². The fourth-order valence-electron chi connectivity index (χ4n) is 2.59. The SMILES string of the molecule is CN=C(NCc1ccon1)NC1CCN(c2cccs2)CC1.I. The standard InChI is InChI=1S/C15H21N5OS.HI/c1-16-15(17-11-13-6-9-21-19-13)18-12-4-7-20(8-5-12)14-3-2-10-22-14;/h2-3,6,9-10,12H,4-5,7-8,11H2,1H3,(H2,16,17,18);1H. The Labute approximate surface area is 157 Å². The molecule has 0 amide bonds. The molecule has 1 fully saturated rings. The Morgan fingerprint density at radius 3 is 2.87 bits per heavy atom. The van der Waals surface area contributed by atoms with Gasteiger partial charge in [-0.3, -0.25) is 4.99 Å². The lowest BCUT2D eigenvalue weighted by atomic mass is 10.1. The van der Waals surface area contributed by atoms with Gasteiger partial charge in [0.2, 0.25) is 0 Å². The quantitative estimate of drug-likeness (QED) is 0.429. The molecule has 0 atom stereocenters. The van der Waals surface area contributed by atoms with Gasteiger partial charge in [-0.15, -0.1) is 35.3 Å². The number of hydrogen-bond donors (Lipinski definition) is 2. The molecule has 6 nitrogen and oxygen atoms in total. The largest absolute Gasteiger partial charge is 0.364 e. The molecule has 2 aromatic rings. The molecule has 1 aliphatic rings. The third-order valence-corrected chi connectivity index (χ3v) is 4.73. The second-order valence-corrected chi connectivity index (χ2v) is 6.20. The van der Waals surface area contributed by atoms with Crippen LogP contribution in [0, 0.1) is 0 Å². The Morgan fingerprint density at radius 1 is 1.43 bits per heavy atom. The third kappa shape index (κ3) is 5.10. The number of hydrogen-bond acceptors (Lipinski definition) is 5. The van der Waals surface area contributed by atoms with Crippen LogP contribution in [0.5, 0.6) is 0 Å². The van der Waals surface area contributed by atoms with Crippen LogP contribution < -0.4 is 15.5 Å². The van der Waals surface area contributed by atoms with E-state index in [-0.39, 0.29) is 24.0 Å². The molecule has 2 N–H and O–H groups in total. The smallest absolute Gasteiger partial charge is 0.191 e. The molecule has 2 aromatic heterocycles. The van der Waals surface area contributed by atoms with Crippen molar-refractivity contribution in [1.82, 2.24) is 15.8 Å². The van der Waals surface area contributed by atoms with Crippen LogP contribution in [-0.4, -0.2) is 37.3 Å². The number of guanidine groups is 1. The molecule has 23 heavy (non-hydrogen) atoms. The highest BCUT2D eigenvalue weighted by molar-refractivity contribution is 14.0. The predicted octanol–water partition coefficient (Wildman–Crippen LogP) is 2.69. The average Bonchev–Trinajstić information content (AvgIpc) is 3.25. The summed E-state index contributed by atoms with van der Waals surface area (Å²) in [5.74, 6) is 0.817. The molecule has 0 radical (unpaired) electrons. The van der Waals surface area contributed by atoms with Crippen molar-refractivity contribution < 1.29 is 4.52 Å². The van der Waals surface area contributed by atoms with Crippen molar-refractivity contribution in [2.75, 3.05) is 25.0 Å². The fraction of sp³-hybridized carbons (Fsp3) is 0.467. The molecule has 0 unspecified atom stereocenters. The van der Waals surface area contributed by atoms with E-state index in [0.29, 0.717) is 12.6 Å². The van der Waals surface area contributed by atoms with Crippen LogP contribution in [0.3, 0.4) is 0 Å². The Bertz CT molecular complexity index is 579. The van der Waals surface area contributed by atoms with E-state index in [1.165, 1.54) is 5.00 Å². The molecule has 0 aromatic carbocycles. The van der Waals surface area contributed by atoms with Crippen LogP contribution in [0.15, 0.2) is 39.4 Å². The number of piperidine rings is 1. The third-order valence-electron chi connectivity index (χ3n) is 3.81. The van der Waals surface area contributed by atoms with Gasteiger partial charge < -0.3 is 20.1 Å². The van der Waals surface area contributed by atoms with Crippen molar-refractivity contribution in [3.63, 3.8) is 0 Å². The highest BCUT2D eigenvalue weighted by Gasteiger charge is 2.20. The van der Waals surface area contributed by atoms with E-state index in [9.17, 15) is 0 Å². The maximum atomic E-state index is 4.82. The Morgan fingerprint density at radius 2 is 2.26 bits per heavy atom. The topological polar surface area (TPSA) is 65.7 Å². The number of thiophene rings is 1. The zero-order chi connectivity index (χ0) is 15.2. The minimum atomic E-state index is 0. The van der Waals surface area contributed by atoms with Gasteiger partial charge in [0.15, 0.2) is 5.96 Å². The number of halogens is 1. The molecular formula is C15H22IN5OS. The number of aromatic nitrogens is 1. The molecular weight excluding hydrogens is 425 g/mol. The zero-order valence-corrected chi connectivity index (χ0v) is 16.2. The van der Waals surface area contributed by atoms with Crippen molar-refractivity contribution >= 4 is 46.3 Å². The molecule has 126 valence electrons. The summed E-state index contributed by atoms with van der Waals surface area (Å²) in [4.78, 5) is 6.73. The number of rotatable bonds is 4. The lowest BCUT2D eigenvalue weighted by Gasteiger charge is -2.33. The van der Waals surface area contributed by atoms with Crippen LogP contribution in [0.25, 0.3) is 0 Å². The van der Waals surface area contributed by atoms with E-state index in [1.807, 2.05) is 17.4 Å². The molecule has 0 spiro atoms. The van der Waals surface area contributed by atoms with E-state index in [4.69, 9.17) is 4.52 Å². The summed E-state index contributed by atoms with van der Waals surface area (Å²) in [7, 11) is 1.79. The van der Waals surface area contributed by atoms with Gasteiger partial charge in [-0.25, -0.2) is 0 Å². The minimum Gasteiger partial charge on any atom is -0.364 e. The second-order valence-electron chi connectivity index (χ2n) is 5.27. The summed E-state index contributed by atoms with van der Waals surface area (Å²) in [5, 5.41) is 14.1. The molecule has 1 aliphatic heterocycles. The first-order valence-corrected chi connectivity index (χ1v) is 8.38.